The highest BCUT2D eigenvalue weighted by atomic mass is 32.1. The molecule has 0 saturated carbocycles. The molecule has 0 aliphatic carbocycles. The Bertz CT molecular complexity index is 309. The molecule has 1 aromatic rings. The first-order valence-electron chi connectivity index (χ1n) is 4.99. The molecule has 1 heterocycles. The third-order valence-electron chi connectivity index (χ3n) is 2.08. The minimum absolute atomic E-state index is 0.322. The van der Waals surface area contributed by atoms with Crippen molar-refractivity contribution in [2.75, 3.05) is 19.6 Å². The second-order valence-corrected chi connectivity index (χ2v) is 4.29. The van der Waals surface area contributed by atoms with Crippen LogP contribution in [0.5, 0.6) is 0 Å². The first-order valence-corrected chi connectivity index (χ1v) is 5.93. The summed E-state index contributed by atoms with van der Waals surface area (Å²) in [5, 5.41) is 9.53. The van der Waals surface area contributed by atoms with Crippen LogP contribution in [0.25, 0.3) is 0 Å². The summed E-state index contributed by atoms with van der Waals surface area (Å²) in [5.74, 6) is 0. The van der Waals surface area contributed by atoms with Crippen LogP contribution < -0.4 is 10.6 Å². The first kappa shape index (κ1) is 13.5. The van der Waals surface area contributed by atoms with E-state index in [0.717, 1.165) is 0 Å². The second-order valence-electron chi connectivity index (χ2n) is 3.55. The predicted octanol–water partition coefficient (Wildman–Crippen LogP) is 2.30. The van der Waals surface area contributed by atoms with Crippen molar-refractivity contribution in [3.8, 4) is 0 Å². The molecule has 0 fully saturated rings. The van der Waals surface area contributed by atoms with Gasteiger partial charge in [-0.25, -0.2) is 0 Å². The molecule has 92 valence electrons. The molecule has 0 radical (unpaired) electrons. The van der Waals surface area contributed by atoms with Gasteiger partial charge in [-0.05, 0) is 28.8 Å². The van der Waals surface area contributed by atoms with Gasteiger partial charge in [0.05, 0.1) is 6.54 Å². The van der Waals surface area contributed by atoms with E-state index < -0.39 is 12.7 Å². The Kier molecular flexibility index (Phi) is 5.24. The summed E-state index contributed by atoms with van der Waals surface area (Å²) >= 11 is 1.63. The minimum atomic E-state index is -4.12. The predicted molar refractivity (Wildman–Crippen MR) is 59.7 cm³/mol. The van der Waals surface area contributed by atoms with Crippen molar-refractivity contribution in [3.05, 3.63) is 21.9 Å². The van der Waals surface area contributed by atoms with Crippen molar-refractivity contribution in [1.29, 1.82) is 0 Å². The highest BCUT2D eigenvalue weighted by Gasteiger charge is 2.25. The molecule has 6 heteroatoms. The zero-order chi connectivity index (χ0) is 12.0. The van der Waals surface area contributed by atoms with Crippen LogP contribution in [0.4, 0.5) is 13.2 Å². The largest absolute Gasteiger partial charge is 0.401 e. The highest BCUT2D eigenvalue weighted by Crippen LogP contribution is 2.13. The van der Waals surface area contributed by atoms with Crippen molar-refractivity contribution in [3.63, 3.8) is 0 Å². The Morgan fingerprint density at radius 1 is 1.19 bits per heavy atom. The molecule has 0 atom stereocenters. The van der Waals surface area contributed by atoms with Gasteiger partial charge in [-0.3, -0.25) is 0 Å². The molecule has 2 nitrogen and oxygen atoms in total. The molecule has 0 unspecified atom stereocenters. The Morgan fingerprint density at radius 3 is 2.44 bits per heavy atom. The van der Waals surface area contributed by atoms with E-state index in [1.807, 2.05) is 12.3 Å². The van der Waals surface area contributed by atoms with E-state index in [0.29, 0.717) is 19.6 Å². The fourth-order valence-corrected chi connectivity index (χ4v) is 2.05. The second kappa shape index (κ2) is 6.22. The summed E-state index contributed by atoms with van der Waals surface area (Å²) in [6.45, 7) is 2.67. The number of halogens is 3. The Morgan fingerprint density at radius 2 is 1.88 bits per heavy atom. The van der Waals surface area contributed by atoms with E-state index in [2.05, 4.69) is 16.0 Å². The number of thiophene rings is 1. The van der Waals surface area contributed by atoms with E-state index in [1.165, 1.54) is 11.1 Å². The first-order chi connectivity index (χ1) is 7.49. The standard InChI is InChI=1S/C10H15F3N2S/c1-8-5-16-6-9(8)4-14-2-3-15-7-10(11,12)13/h5-6,14-15H,2-4,7H2,1H3. The molecule has 16 heavy (non-hydrogen) atoms. The summed E-state index contributed by atoms with van der Waals surface area (Å²) in [6, 6.07) is 0. The summed E-state index contributed by atoms with van der Waals surface area (Å²) in [4.78, 5) is 0. The van der Waals surface area contributed by atoms with E-state index in [-0.39, 0.29) is 0 Å². The molecule has 0 aliphatic heterocycles. The quantitative estimate of drug-likeness (QED) is 0.759. The number of alkyl halides is 3. The van der Waals surface area contributed by atoms with Gasteiger partial charge in [0.2, 0.25) is 0 Å². The monoisotopic (exact) mass is 252 g/mol. The van der Waals surface area contributed by atoms with Gasteiger partial charge < -0.3 is 10.6 Å². The van der Waals surface area contributed by atoms with Gasteiger partial charge in [-0.2, -0.15) is 24.5 Å². The van der Waals surface area contributed by atoms with E-state index in [4.69, 9.17) is 0 Å². The van der Waals surface area contributed by atoms with Crippen molar-refractivity contribution in [1.82, 2.24) is 10.6 Å². The SMILES string of the molecule is Cc1cscc1CNCCNCC(F)(F)F. The maximum atomic E-state index is 11.8. The number of hydrogen-bond donors (Lipinski definition) is 2. The van der Waals surface area contributed by atoms with Crippen molar-refractivity contribution >= 4 is 11.3 Å². The molecule has 2 N–H and O–H groups in total. The van der Waals surface area contributed by atoms with Crippen LogP contribution in [-0.4, -0.2) is 25.8 Å². The fraction of sp³-hybridized carbons (Fsp3) is 0.600. The van der Waals surface area contributed by atoms with Crippen LogP contribution in [0.3, 0.4) is 0 Å². The summed E-state index contributed by atoms with van der Waals surface area (Å²) < 4.78 is 35.3. The molecule has 1 rings (SSSR count). The van der Waals surface area contributed by atoms with Gasteiger partial charge >= 0.3 is 6.18 Å². The Hall–Kier alpha value is -0.590. The molecule has 0 aromatic carbocycles. The van der Waals surface area contributed by atoms with Crippen molar-refractivity contribution in [2.45, 2.75) is 19.6 Å². The average molecular weight is 252 g/mol. The van der Waals surface area contributed by atoms with Gasteiger partial charge in [0.1, 0.15) is 0 Å². The maximum absolute atomic E-state index is 11.8. The lowest BCUT2D eigenvalue weighted by Crippen LogP contribution is -2.34. The van der Waals surface area contributed by atoms with Crippen LogP contribution in [0.2, 0.25) is 0 Å². The van der Waals surface area contributed by atoms with E-state index in [9.17, 15) is 13.2 Å². The normalized spacial score (nSPS) is 12.0. The third-order valence-corrected chi connectivity index (χ3v) is 2.99. The number of rotatable bonds is 6. The Balaban J connectivity index is 2.03. The number of hydrogen-bond acceptors (Lipinski definition) is 3. The molecule has 0 spiro atoms. The van der Waals surface area contributed by atoms with Crippen LogP contribution in [0.15, 0.2) is 10.8 Å². The highest BCUT2D eigenvalue weighted by molar-refractivity contribution is 7.08. The van der Waals surface area contributed by atoms with Crippen molar-refractivity contribution in [2.24, 2.45) is 0 Å². The maximum Gasteiger partial charge on any atom is 0.401 e. The van der Waals surface area contributed by atoms with Crippen LogP contribution in [-0.2, 0) is 6.54 Å². The topological polar surface area (TPSA) is 24.1 Å². The summed E-state index contributed by atoms with van der Waals surface area (Å²) in [6.07, 6.45) is -4.12. The Labute approximate surface area is 96.9 Å². The molecule has 0 saturated heterocycles. The van der Waals surface area contributed by atoms with Crippen LogP contribution >= 0.6 is 11.3 Å². The summed E-state index contributed by atoms with van der Waals surface area (Å²) in [7, 11) is 0. The van der Waals surface area contributed by atoms with Crippen LogP contribution in [0, 0.1) is 6.92 Å². The number of nitrogens with one attached hydrogen (secondary N) is 2. The lowest BCUT2D eigenvalue weighted by Gasteiger charge is -2.08. The van der Waals surface area contributed by atoms with E-state index >= 15 is 0 Å². The molecule has 0 bridgehead atoms. The molecule has 0 aliphatic rings. The van der Waals surface area contributed by atoms with Gasteiger partial charge in [-0.15, -0.1) is 0 Å². The molecule has 0 amide bonds. The van der Waals surface area contributed by atoms with Crippen LogP contribution in [0.1, 0.15) is 11.1 Å². The minimum Gasteiger partial charge on any atom is -0.311 e. The molecule has 1 aromatic heterocycles. The number of aryl methyl sites for hydroxylation is 1. The van der Waals surface area contributed by atoms with Gasteiger partial charge in [0.15, 0.2) is 0 Å². The molecular weight excluding hydrogens is 237 g/mol. The lowest BCUT2D eigenvalue weighted by molar-refractivity contribution is -0.124. The zero-order valence-corrected chi connectivity index (χ0v) is 9.84. The zero-order valence-electron chi connectivity index (χ0n) is 9.03. The third kappa shape index (κ3) is 5.48. The smallest absolute Gasteiger partial charge is 0.311 e. The molecular formula is C10H15F3N2S. The van der Waals surface area contributed by atoms with Gasteiger partial charge in [0, 0.05) is 19.6 Å². The van der Waals surface area contributed by atoms with Crippen molar-refractivity contribution < 1.29 is 13.2 Å². The van der Waals surface area contributed by atoms with E-state index in [1.54, 1.807) is 11.3 Å². The van der Waals surface area contributed by atoms with Gasteiger partial charge in [-0.1, -0.05) is 0 Å². The fourth-order valence-electron chi connectivity index (χ4n) is 1.20. The van der Waals surface area contributed by atoms with Gasteiger partial charge in [0.25, 0.3) is 0 Å². The summed E-state index contributed by atoms with van der Waals surface area (Å²) in [5.41, 5.74) is 2.43. The lowest BCUT2D eigenvalue weighted by atomic mass is 10.2. The average Bonchev–Trinajstić information content (AvgIpc) is 2.56.